The molecule has 3 unspecified atom stereocenters. The summed E-state index contributed by atoms with van der Waals surface area (Å²) in [4.78, 5) is 10.7. The molecule has 1 rings (SSSR count). The lowest BCUT2D eigenvalue weighted by molar-refractivity contribution is -0.254. The number of hydrogen-bond acceptors (Lipinski definition) is 9. The molecule has 0 radical (unpaired) electrons. The fraction of sp³-hybridized carbons (Fsp3) is 0.875. The van der Waals surface area contributed by atoms with Gasteiger partial charge in [0.25, 0.3) is 0 Å². The summed E-state index contributed by atoms with van der Waals surface area (Å²) in [6.07, 6.45) is -13.4. The standard InChI is InChI=1S/C8H12F3NO9S/c9-8(10,11)7(16)12-3-5(14)4(13)2(21-6(3)15)1-20-22(17,18)19/h2-6,13-15H,1H2,(H,12,16)(H,17,18,19)/p-1/t2?,3?,4-,5-,6?/m1/s1. The summed E-state index contributed by atoms with van der Waals surface area (Å²) in [7, 11) is -5.16. The van der Waals surface area contributed by atoms with Crippen molar-refractivity contribution in [1.82, 2.24) is 5.32 Å². The van der Waals surface area contributed by atoms with Crippen LogP contribution >= 0.6 is 0 Å². The van der Waals surface area contributed by atoms with Crippen LogP contribution in [0.15, 0.2) is 0 Å². The number of rotatable bonds is 4. The summed E-state index contributed by atoms with van der Waals surface area (Å²) in [5.74, 6) is -2.50. The number of carbonyl (C=O) groups excluding carboxylic acids is 1. The predicted molar refractivity (Wildman–Crippen MR) is 56.5 cm³/mol. The van der Waals surface area contributed by atoms with Crippen molar-refractivity contribution in [3.8, 4) is 0 Å². The molecule has 4 N–H and O–H groups in total. The molecule has 0 saturated carbocycles. The Hall–Kier alpha value is -1.03. The van der Waals surface area contributed by atoms with Gasteiger partial charge in [0, 0.05) is 0 Å². The van der Waals surface area contributed by atoms with E-state index in [1.54, 1.807) is 0 Å². The lowest BCUT2D eigenvalue weighted by Gasteiger charge is -2.40. The van der Waals surface area contributed by atoms with Crippen LogP contribution in [-0.4, -0.2) is 77.6 Å². The van der Waals surface area contributed by atoms with Gasteiger partial charge in [0.2, 0.25) is 10.4 Å². The Morgan fingerprint density at radius 1 is 1.27 bits per heavy atom. The average molecular weight is 354 g/mol. The molecule has 0 aromatic carbocycles. The highest BCUT2D eigenvalue weighted by atomic mass is 32.3. The molecule has 0 bridgehead atoms. The number of aliphatic hydroxyl groups excluding tert-OH is 3. The quantitative estimate of drug-likeness (QED) is 0.303. The number of carbonyl (C=O) groups is 1. The Kier molecular flexibility index (Phi) is 5.71. The van der Waals surface area contributed by atoms with E-state index in [1.165, 1.54) is 5.32 Å². The lowest BCUT2D eigenvalue weighted by Crippen LogP contribution is -2.65. The van der Waals surface area contributed by atoms with Crippen LogP contribution in [0.2, 0.25) is 0 Å². The van der Waals surface area contributed by atoms with Crippen LogP contribution in [0.3, 0.4) is 0 Å². The van der Waals surface area contributed by atoms with E-state index in [0.717, 1.165) is 0 Å². The normalized spacial score (nSPS) is 33.5. The van der Waals surface area contributed by atoms with Crippen molar-refractivity contribution in [3.05, 3.63) is 0 Å². The summed E-state index contributed by atoms with van der Waals surface area (Å²) in [5, 5.41) is 29.7. The van der Waals surface area contributed by atoms with Crippen molar-refractivity contribution in [2.75, 3.05) is 6.61 Å². The van der Waals surface area contributed by atoms with Gasteiger partial charge in [0.15, 0.2) is 6.29 Å². The SMILES string of the molecule is O=C(NC1C(O)OC(COS(=O)(=O)[O-])[C@@H](O)[C@@H]1O)C(F)(F)F. The highest BCUT2D eigenvalue weighted by molar-refractivity contribution is 7.80. The zero-order valence-electron chi connectivity index (χ0n) is 10.4. The van der Waals surface area contributed by atoms with Crippen LogP contribution in [0.25, 0.3) is 0 Å². The molecule has 0 spiro atoms. The first-order valence-electron chi connectivity index (χ1n) is 5.50. The number of nitrogens with one attached hydrogen (secondary N) is 1. The van der Waals surface area contributed by atoms with Gasteiger partial charge < -0.3 is 29.9 Å². The summed E-state index contributed by atoms with van der Waals surface area (Å²) >= 11 is 0. The third-order valence-corrected chi connectivity index (χ3v) is 3.08. The number of halogens is 3. The second-order valence-corrected chi connectivity index (χ2v) is 5.29. The number of amides is 1. The van der Waals surface area contributed by atoms with E-state index in [4.69, 9.17) is 0 Å². The first-order valence-corrected chi connectivity index (χ1v) is 6.84. The van der Waals surface area contributed by atoms with Crippen molar-refractivity contribution in [1.29, 1.82) is 0 Å². The average Bonchev–Trinajstić information content (AvgIpc) is 2.34. The first kappa shape index (κ1) is 19.0. The maximum Gasteiger partial charge on any atom is 0.471 e. The van der Waals surface area contributed by atoms with Crippen molar-refractivity contribution < 1.29 is 55.2 Å². The molecule has 0 aromatic rings. The van der Waals surface area contributed by atoms with Gasteiger partial charge in [-0.2, -0.15) is 13.2 Å². The third-order valence-electron chi connectivity index (χ3n) is 2.65. The molecule has 1 heterocycles. The second-order valence-electron chi connectivity index (χ2n) is 4.24. The van der Waals surface area contributed by atoms with Crippen molar-refractivity contribution in [2.45, 2.75) is 36.8 Å². The highest BCUT2D eigenvalue weighted by Gasteiger charge is 2.48. The van der Waals surface area contributed by atoms with Crippen molar-refractivity contribution >= 4 is 16.3 Å². The van der Waals surface area contributed by atoms with Crippen LogP contribution in [0.5, 0.6) is 0 Å². The third kappa shape index (κ3) is 5.01. The molecular formula is C8H11F3NO9S-. The Morgan fingerprint density at radius 3 is 2.27 bits per heavy atom. The van der Waals surface area contributed by atoms with E-state index in [0.29, 0.717) is 0 Å². The largest absolute Gasteiger partial charge is 0.726 e. The predicted octanol–water partition coefficient (Wildman–Crippen LogP) is -3.05. The van der Waals surface area contributed by atoms with Gasteiger partial charge in [-0.15, -0.1) is 0 Å². The second kappa shape index (κ2) is 6.61. The van der Waals surface area contributed by atoms with Crippen LogP contribution in [0.4, 0.5) is 13.2 Å². The molecule has 1 saturated heterocycles. The lowest BCUT2D eigenvalue weighted by atomic mass is 9.97. The summed E-state index contributed by atoms with van der Waals surface area (Å²) in [6.45, 7) is -1.10. The molecule has 1 aliphatic heterocycles. The fourth-order valence-electron chi connectivity index (χ4n) is 1.62. The smallest absolute Gasteiger partial charge is 0.471 e. The molecule has 130 valence electrons. The summed E-state index contributed by atoms with van der Waals surface area (Å²) < 4.78 is 75.3. The molecule has 0 aliphatic carbocycles. The number of alkyl halides is 3. The van der Waals surface area contributed by atoms with Crippen LogP contribution in [0, 0.1) is 0 Å². The molecule has 1 amide bonds. The van der Waals surface area contributed by atoms with E-state index >= 15 is 0 Å². The van der Waals surface area contributed by atoms with Gasteiger partial charge in [-0.1, -0.05) is 0 Å². The molecule has 5 atom stereocenters. The number of aliphatic hydroxyl groups is 3. The van der Waals surface area contributed by atoms with Gasteiger partial charge >= 0.3 is 12.1 Å². The van der Waals surface area contributed by atoms with Gasteiger partial charge in [-0.05, 0) is 0 Å². The zero-order chi connectivity index (χ0) is 17.3. The Bertz CT molecular complexity index is 509. The van der Waals surface area contributed by atoms with Gasteiger partial charge in [0.1, 0.15) is 24.4 Å². The zero-order valence-corrected chi connectivity index (χ0v) is 11.2. The molecule has 10 nitrogen and oxygen atoms in total. The van der Waals surface area contributed by atoms with E-state index in [-0.39, 0.29) is 0 Å². The molecule has 22 heavy (non-hydrogen) atoms. The van der Waals surface area contributed by atoms with Gasteiger partial charge in [-0.3, -0.25) is 8.98 Å². The minimum absolute atomic E-state index is 1.10. The Balaban J connectivity index is 2.74. The highest BCUT2D eigenvalue weighted by Crippen LogP contribution is 2.22. The van der Waals surface area contributed by atoms with E-state index in [1.807, 2.05) is 0 Å². The number of ether oxygens (including phenoxy) is 1. The number of hydrogen-bond donors (Lipinski definition) is 4. The van der Waals surface area contributed by atoms with Gasteiger partial charge in [-0.25, -0.2) is 8.42 Å². The molecular weight excluding hydrogens is 343 g/mol. The minimum atomic E-state index is -5.30. The van der Waals surface area contributed by atoms with Crippen LogP contribution in [-0.2, 0) is 24.1 Å². The van der Waals surface area contributed by atoms with Gasteiger partial charge in [0.05, 0.1) is 6.61 Å². The molecule has 14 heteroatoms. The fourth-order valence-corrected chi connectivity index (χ4v) is 1.92. The molecule has 1 fully saturated rings. The molecule has 0 aromatic heterocycles. The van der Waals surface area contributed by atoms with E-state index < -0.39 is 59.7 Å². The maximum atomic E-state index is 12.1. The topological polar surface area (TPSA) is 165 Å². The monoisotopic (exact) mass is 354 g/mol. The summed E-state index contributed by atoms with van der Waals surface area (Å²) in [5.41, 5.74) is 0. The maximum absolute atomic E-state index is 12.1. The van der Waals surface area contributed by atoms with Crippen LogP contribution in [0.1, 0.15) is 0 Å². The first-order chi connectivity index (χ1) is 9.83. The Labute approximate surface area is 121 Å². The summed E-state index contributed by atoms with van der Waals surface area (Å²) in [6, 6.07) is -2.04. The van der Waals surface area contributed by atoms with Crippen molar-refractivity contribution in [3.63, 3.8) is 0 Å². The van der Waals surface area contributed by atoms with Crippen molar-refractivity contribution in [2.24, 2.45) is 0 Å². The Morgan fingerprint density at radius 2 is 1.82 bits per heavy atom. The molecule has 1 aliphatic rings. The minimum Gasteiger partial charge on any atom is -0.726 e. The van der Waals surface area contributed by atoms with E-state index in [9.17, 15) is 46.3 Å². The van der Waals surface area contributed by atoms with Crippen LogP contribution < -0.4 is 5.32 Å². The van der Waals surface area contributed by atoms with E-state index in [2.05, 4.69) is 8.92 Å².